The maximum Gasteiger partial charge on any atom is 0.416 e. The second-order valence-corrected chi connectivity index (χ2v) is 11.1. The average molecular weight is 655 g/mol. The minimum atomic E-state index is -4.54. The van der Waals surface area contributed by atoms with Gasteiger partial charge in [-0.1, -0.05) is 6.07 Å². The van der Waals surface area contributed by atoms with Crippen molar-refractivity contribution in [1.29, 1.82) is 0 Å². The molecule has 0 aliphatic carbocycles. The molecule has 13 heteroatoms. The Morgan fingerprint density at radius 2 is 1.60 bits per heavy atom. The second-order valence-electron chi connectivity index (χ2n) is 11.1. The van der Waals surface area contributed by atoms with Gasteiger partial charge in [-0.15, -0.1) is 0 Å². The molecular formula is C34H37F3N4O6. The van der Waals surface area contributed by atoms with Crippen LogP contribution in [0, 0.1) is 0 Å². The maximum absolute atomic E-state index is 14.1. The predicted molar refractivity (Wildman–Crippen MR) is 168 cm³/mol. The number of benzene rings is 3. The van der Waals surface area contributed by atoms with Crippen LogP contribution in [0.15, 0.2) is 71.8 Å². The van der Waals surface area contributed by atoms with Crippen molar-refractivity contribution in [2.45, 2.75) is 18.6 Å². The molecule has 0 unspecified atom stereocenters. The van der Waals surface area contributed by atoms with Crippen molar-refractivity contribution < 1.29 is 41.7 Å². The zero-order valence-electron chi connectivity index (χ0n) is 26.5. The number of amides is 2. The largest absolute Gasteiger partial charge is 0.497 e. The zero-order chi connectivity index (χ0) is 33.6. The van der Waals surface area contributed by atoms with Crippen molar-refractivity contribution in [3.05, 3.63) is 89.0 Å². The maximum atomic E-state index is 14.1. The van der Waals surface area contributed by atoms with E-state index >= 15 is 0 Å². The molecule has 47 heavy (non-hydrogen) atoms. The molecule has 1 fully saturated rings. The molecule has 0 bridgehead atoms. The first-order chi connectivity index (χ1) is 22.6. The van der Waals surface area contributed by atoms with Crippen LogP contribution in [-0.4, -0.2) is 99.6 Å². The summed E-state index contributed by atoms with van der Waals surface area (Å²) in [4.78, 5) is 31.3. The third-order valence-corrected chi connectivity index (χ3v) is 8.24. The Balaban J connectivity index is 1.45. The topological polar surface area (TPSA) is 93.1 Å². The molecule has 2 aliphatic rings. The molecule has 0 saturated carbocycles. The lowest BCUT2D eigenvalue weighted by molar-refractivity contribution is -0.137. The van der Waals surface area contributed by atoms with E-state index in [1.165, 1.54) is 24.1 Å². The zero-order valence-corrected chi connectivity index (χ0v) is 26.5. The van der Waals surface area contributed by atoms with Gasteiger partial charge in [-0.3, -0.25) is 14.5 Å². The highest BCUT2D eigenvalue weighted by atomic mass is 19.4. The van der Waals surface area contributed by atoms with Crippen LogP contribution in [0.25, 0.3) is 0 Å². The second kappa shape index (κ2) is 14.9. The highest BCUT2D eigenvalue weighted by molar-refractivity contribution is 6.04. The summed E-state index contributed by atoms with van der Waals surface area (Å²) in [5, 5.41) is 6.12. The predicted octanol–water partition coefficient (Wildman–Crippen LogP) is 4.88. The third kappa shape index (κ3) is 8.03. The van der Waals surface area contributed by atoms with E-state index in [0.29, 0.717) is 62.2 Å². The molecule has 0 spiro atoms. The summed E-state index contributed by atoms with van der Waals surface area (Å²) in [6.07, 6.45) is -4.16. The first-order valence-corrected chi connectivity index (χ1v) is 15.1. The Bertz CT molecular complexity index is 1570. The van der Waals surface area contributed by atoms with Crippen molar-refractivity contribution in [2.24, 2.45) is 5.10 Å². The molecule has 250 valence electrons. The van der Waals surface area contributed by atoms with E-state index in [2.05, 4.69) is 4.90 Å². The molecule has 0 radical (unpaired) electrons. The Morgan fingerprint density at radius 1 is 0.915 bits per heavy atom. The van der Waals surface area contributed by atoms with Crippen molar-refractivity contribution in [1.82, 2.24) is 14.8 Å². The highest BCUT2D eigenvalue weighted by Crippen LogP contribution is 2.38. The number of rotatable bonds is 11. The molecule has 2 amide bonds. The first-order valence-electron chi connectivity index (χ1n) is 15.1. The number of methoxy groups -OCH3 is 3. The van der Waals surface area contributed by atoms with Gasteiger partial charge < -0.3 is 23.8 Å². The Morgan fingerprint density at radius 3 is 2.21 bits per heavy atom. The number of morpholine rings is 1. The minimum Gasteiger partial charge on any atom is -0.497 e. The minimum absolute atomic E-state index is 0.0491. The molecule has 2 heterocycles. The number of hydrazone groups is 1. The van der Waals surface area contributed by atoms with Crippen LogP contribution in [-0.2, 0) is 15.7 Å². The van der Waals surface area contributed by atoms with Gasteiger partial charge in [0.05, 0.1) is 51.9 Å². The molecule has 2 aliphatic heterocycles. The molecule has 3 aromatic rings. The van der Waals surface area contributed by atoms with Crippen LogP contribution < -0.4 is 14.2 Å². The van der Waals surface area contributed by atoms with Crippen molar-refractivity contribution in [3.63, 3.8) is 0 Å². The fraction of sp³-hybridized carbons (Fsp3) is 0.382. The summed E-state index contributed by atoms with van der Waals surface area (Å²) < 4.78 is 61.3. The monoisotopic (exact) mass is 654 g/mol. The van der Waals surface area contributed by atoms with Gasteiger partial charge in [-0.2, -0.15) is 18.3 Å². The van der Waals surface area contributed by atoms with E-state index in [0.717, 1.165) is 35.4 Å². The van der Waals surface area contributed by atoms with Gasteiger partial charge in [0.15, 0.2) is 11.5 Å². The lowest BCUT2D eigenvalue weighted by atomic mass is 9.98. The summed E-state index contributed by atoms with van der Waals surface area (Å²) in [7, 11) is 4.64. The lowest BCUT2D eigenvalue weighted by Gasteiger charge is -2.31. The van der Waals surface area contributed by atoms with Crippen LogP contribution >= 0.6 is 0 Å². The van der Waals surface area contributed by atoms with Gasteiger partial charge in [-0.25, -0.2) is 5.01 Å². The summed E-state index contributed by atoms with van der Waals surface area (Å²) >= 11 is 0. The molecule has 0 aromatic heterocycles. The SMILES string of the molecule is COc1ccc(C2=NN(C(=O)CN(CCN3CCOCC3)C(=O)c3ccc(C(F)(F)F)cc3)[C@@H](c3ccc(OC)c(OC)c3)C2)cc1. The van der Waals surface area contributed by atoms with Gasteiger partial charge in [0.1, 0.15) is 12.3 Å². The number of hydrogen-bond donors (Lipinski definition) is 0. The third-order valence-electron chi connectivity index (χ3n) is 8.24. The molecular weight excluding hydrogens is 617 g/mol. The van der Waals surface area contributed by atoms with Crippen LogP contribution in [0.3, 0.4) is 0 Å². The number of nitrogens with zero attached hydrogens (tertiary/aromatic N) is 4. The molecule has 1 saturated heterocycles. The van der Waals surface area contributed by atoms with Gasteiger partial charge in [0.25, 0.3) is 11.8 Å². The van der Waals surface area contributed by atoms with Crippen LogP contribution in [0.4, 0.5) is 13.2 Å². The summed E-state index contributed by atoms with van der Waals surface area (Å²) in [6, 6.07) is 16.2. The summed E-state index contributed by atoms with van der Waals surface area (Å²) in [5.74, 6) is 0.686. The fourth-order valence-electron chi connectivity index (χ4n) is 5.58. The summed E-state index contributed by atoms with van der Waals surface area (Å²) in [5.41, 5.74) is 1.40. The normalized spacial score (nSPS) is 16.9. The number of carbonyl (C=O) groups is 2. The van der Waals surface area contributed by atoms with E-state index in [1.807, 2.05) is 30.3 Å². The van der Waals surface area contributed by atoms with Crippen LogP contribution in [0.5, 0.6) is 17.2 Å². The number of ether oxygens (including phenoxy) is 4. The smallest absolute Gasteiger partial charge is 0.416 e. The van der Waals surface area contributed by atoms with Crippen LogP contribution in [0.2, 0.25) is 0 Å². The number of alkyl halides is 3. The Kier molecular flexibility index (Phi) is 10.7. The van der Waals surface area contributed by atoms with Crippen LogP contribution in [0.1, 0.15) is 39.5 Å². The lowest BCUT2D eigenvalue weighted by Crippen LogP contribution is -2.46. The standard InChI is InChI=1S/C34H37F3N4O6/c1-44-27-11-6-23(7-12-27)28-21-29(25-8-13-30(45-2)31(20-25)46-3)41(38-28)32(42)22-40(15-14-39-16-18-47-19-17-39)33(43)24-4-9-26(10-5-24)34(35,36)37/h4-13,20,29H,14-19,21-22H2,1-3H3/t29-/m1/s1. The van der Waals surface area contributed by atoms with Gasteiger partial charge in [0, 0.05) is 38.2 Å². The Hall–Kier alpha value is -4.62. The van der Waals surface area contributed by atoms with E-state index in [9.17, 15) is 22.8 Å². The Labute approximate surface area is 271 Å². The quantitative estimate of drug-likeness (QED) is 0.291. The van der Waals surface area contributed by atoms with Gasteiger partial charge in [0.2, 0.25) is 0 Å². The molecule has 3 aromatic carbocycles. The van der Waals surface area contributed by atoms with E-state index in [-0.39, 0.29) is 18.7 Å². The van der Waals surface area contributed by atoms with Gasteiger partial charge >= 0.3 is 6.18 Å². The number of hydrogen-bond acceptors (Lipinski definition) is 8. The van der Waals surface area contributed by atoms with E-state index in [4.69, 9.17) is 24.0 Å². The van der Waals surface area contributed by atoms with Crippen molar-refractivity contribution in [2.75, 3.05) is 67.3 Å². The molecule has 0 N–H and O–H groups in total. The van der Waals surface area contributed by atoms with Crippen molar-refractivity contribution in [3.8, 4) is 17.2 Å². The van der Waals surface area contributed by atoms with Crippen molar-refractivity contribution >= 4 is 17.5 Å². The molecule has 10 nitrogen and oxygen atoms in total. The molecule has 1 atom stereocenters. The van der Waals surface area contributed by atoms with E-state index in [1.54, 1.807) is 19.2 Å². The molecule has 5 rings (SSSR count). The van der Waals surface area contributed by atoms with E-state index < -0.39 is 29.6 Å². The number of carbonyl (C=O) groups excluding carboxylic acids is 2. The van der Waals surface area contributed by atoms with Gasteiger partial charge in [-0.05, 0) is 71.8 Å². The summed E-state index contributed by atoms with van der Waals surface area (Å²) in [6.45, 7) is 2.73. The highest BCUT2D eigenvalue weighted by Gasteiger charge is 2.36. The number of halogens is 3. The average Bonchev–Trinajstić information content (AvgIpc) is 3.55. The fourth-order valence-corrected chi connectivity index (χ4v) is 5.58. The first kappa shape index (κ1) is 33.7.